The minimum atomic E-state index is -0.720. The maximum atomic E-state index is 12.9. The Balaban J connectivity index is 1.80. The summed E-state index contributed by atoms with van der Waals surface area (Å²) in [6.45, 7) is 1.50. The maximum absolute atomic E-state index is 12.9. The van der Waals surface area contributed by atoms with E-state index in [0.29, 0.717) is 24.2 Å². The minimum Gasteiger partial charge on any atom is -0.395 e. The SMILES string of the molecule is Cc1cn(C2CC(O)[C@@H](CO)S2)c(=O)n(Cc2cn(CCOCC[18F])nn2)c1=O. The van der Waals surface area contributed by atoms with Crippen molar-refractivity contribution in [2.75, 3.05) is 26.5 Å². The third kappa shape index (κ3) is 4.94. The minimum absolute atomic E-state index is 0.0186. The van der Waals surface area contributed by atoms with E-state index in [-0.39, 0.29) is 37.0 Å². The van der Waals surface area contributed by atoms with Crippen LogP contribution in [0.5, 0.6) is 0 Å². The lowest BCUT2D eigenvalue weighted by molar-refractivity contribution is 0.109. The summed E-state index contributed by atoms with van der Waals surface area (Å²) < 4.78 is 21.1. The number of halogens is 1. The summed E-state index contributed by atoms with van der Waals surface area (Å²) in [5, 5.41) is 26.5. The van der Waals surface area contributed by atoms with E-state index in [2.05, 4.69) is 10.3 Å². The van der Waals surface area contributed by atoms with E-state index in [1.165, 1.54) is 27.2 Å². The third-order valence-electron chi connectivity index (χ3n) is 4.65. The van der Waals surface area contributed by atoms with E-state index in [4.69, 9.17) is 4.74 Å². The number of nitrogens with zero attached hydrogens (tertiary/aromatic N) is 5. The van der Waals surface area contributed by atoms with Crippen LogP contribution < -0.4 is 11.2 Å². The first-order chi connectivity index (χ1) is 13.9. The molecule has 3 heterocycles. The fraction of sp³-hybridized carbons (Fsp3) is 0.647. The standard InChI is InChI=1S/C17H24FN5O5S/c1-11-7-22(15-6-13(25)14(10-24)29-15)17(27)23(16(11)26)9-12-8-21(20-19-12)3-5-28-4-2-18/h7-8,13-15,24-25H,2-6,9-10H2,1H3/t13?,14-,15?/m1/s1/i18-1. The highest BCUT2D eigenvalue weighted by atomic mass is 32.2. The molecule has 2 aromatic heterocycles. The van der Waals surface area contributed by atoms with Gasteiger partial charge in [-0.05, 0) is 6.92 Å². The zero-order valence-corrected chi connectivity index (χ0v) is 16.8. The molecule has 0 radical (unpaired) electrons. The van der Waals surface area contributed by atoms with Crippen LogP contribution in [0.15, 0.2) is 22.0 Å². The van der Waals surface area contributed by atoms with Crippen molar-refractivity contribution < 1.29 is 19.3 Å². The molecule has 1 saturated heterocycles. The lowest BCUT2D eigenvalue weighted by atomic mass is 10.2. The van der Waals surface area contributed by atoms with Crippen molar-refractivity contribution in [1.82, 2.24) is 24.1 Å². The molecule has 2 unspecified atom stereocenters. The number of alkyl halides is 1. The number of hydrogen-bond acceptors (Lipinski definition) is 8. The Kier molecular flexibility index (Phi) is 7.22. The molecule has 0 amide bonds. The van der Waals surface area contributed by atoms with Crippen LogP contribution in [0, 0.1) is 6.92 Å². The molecule has 1 aliphatic heterocycles. The summed E-state index contributed by atoms with van der Waals surface area (Å²) in [4.78, 5) is 25.5. The monoisotopic (exact) mass is 428 g/mol. The van der Waals surface area contributed by atoms with Crippen molar-refractivity contribution in [2.45, 2.75) is 43.2 Å². The zero-order chi connectivity index (χ0) is 21.0. The molecule has 29 heavy (non-hydrogen) atoms. The van der Waals surface area contributed by atoms with Crippen molar-refractivity contribution in [2.24, 2.45) is 0 Å². The van der Waals surface area contributed by atoms with Crippen LogP contribution in [-0.2, 0) is 17.8 Å². The Morgan fingerprint density at radius 3 is 2.83 bits per heavy atom. The van der Waals surface area contributed by atoms with Crippen molar-refractivity contribution in [3.05, 3.63) is 44.5 Å². The Bertz CT molecular complexity index is 945. The van der Waals surface area contributed by atoms with Crippen LogP contribution >= 0.6 is 11.8 Å². The molecule has 10 nitrogen and oxygen atoms in total. The van der Waals surface area contributed by atoms with Gasteiger partial charge in [0, 0.05) is 18.2 Å². The second-order valence-electron chi connectivity index (χ2n) is 6.78. The maximum Gasteiger partial charge on any atom is 0.332 e. The van der Waals surface area contributed by atoms with Crippen LogP contribution in [0.1, 0.15) is 23.1 Å². The first-order valence-corrected chi connectivity index (χ1v) is 10.2. The smallest absolute Gasteiger partial charge is 0.332 e. The molecule has 0 saturated carbocycles. The van der Waals surface area contributed by atoms with Gasteiger partial charge in [0.25, 0.3) is 5.56 Å². The molecule has 12 heteroatoms. The van der Waals surface area contributed by atoms with Gasteiger partial charge in [-0.15, -0.1) is 16.9 Å². The van der Waals surface area contributed by atoms with Crippen molar-refractivity contribution >= 4 is 11.8 Å². The van der Waals surface area contributed by atoms with Crippen LogP contribution in [0.3, 0.4) is 0 Å². The van der Waals surface area contributed by atoms with Crippen molar-refractivity contribution in [3.63, 3.8) is 0 Å². The number of hydrogen-bond donors (Lipinski definition) is 2. The van der Waals surface area contributed by atoms with Gasteiger partial charge < -0.3 is 14.9 Å². The van der Waals surface area contributed by atoms with E-state index >= 15 is 0 Å². The lowest BCUT2D eigenvalue weighted by Gasteiger charge is -2.16. The summed E-state index contributed by atoms with van der Waals surface area (Å²) in [7, 11) is 0. The largest absolute Gasteiger partial charge is 0.395 e. The summed E-state index contributed by atoms with van der Waals surface area (Å²) in [5.41, 5.74) is -0.114. The van der Waals surface area contributed by atoms with Crippen LogP contribution in [0.2, 0.25) is 0 Å². The van der Waals surface area contributed by atoms with Gasteiger partial charge in [0.15, 0.2) is 0 Å². The highest BCUT2D eigenvalue weighted by Gasteiger charge is 2.35. The van der Waals surface area contributed by atoms with Gasteiger partial charge in [0.05, 0.1) is 55.8 Å². The van der Waals surface area contributed by atoms with E-state index < -0.39 is 24.0 Å². The van der Waals surface area contributed by atoms with Crippen molar-refractivity contribution in [3.8, 4) is 0 Å². The first kappa shape index (κ1) is 21.7. The van der Waals surface area contributed by atoms with E-state index in [1.54, 1.807) is 13.1 Å². The number of aromatic nitrogens is 5. The van der Waals surface area contributed by atoms with Gasteiger partial charge in [-0.3, -0.25) is 13.9 Å². The average molecular weight is 428 g/mol. The normalized spacial score (nSPS) is 21.7. The predicted molar refractivity (Wildman–Crippen MR) is 104 cm³/mol. The Labute approximate surface area is 169 Å². The molecule has 0 aliphatic carbocycles. The molecular formula is C17H24FN5O5S. The number of rotatable bonds is 9. The lowest BCUT2D eigenvalue weighted by Crippen LogP contribution is -2.41. The first-order valence-electron chi connectivity index (χ1n) is 9.24. The molecule has 2 aromatic rings. The molecule has 3 rings (SSSR count). The molecule has 1 fully saturated rings. The summed E-state index contributed by atoms with van der Waals surface area (Å²) in [6.07, 6.45) is 2.68. The van der Waals surface area contributed by atoms with Gasteiger partial charge >= 0.3 is 5.69 Å². The topological polar surface area (TPSA) is 124 Å². The van der Waals surface area contributed by atoms with E-state index in [9.17, 15) is 24.2 Å². The number of aryl methyl sites for hydroxylation is 1. The second-order valence-corrected chi connectivity index (χ2v) is 8.20. The summed E-state index contributed by atoms with van der Waals surface area (Å²) >= 11 is 1.31. The van der Waals surface area contributed by atoms with Gasteiger partial charge in [-0.25, -0.2) is 13.9 Å². The number of ether oxygens (including phenoxy) is 1. The van der Waals surface area contributed by atoms with E-state index in [1.807, 2.05) is 0 Å². The Hall–Kier alpha value is -2.02. The molecular weight excluding hydrogens is 404 g/mol. The molecule has 0 spiro atoms. The molecule has 1 aliphatic rings. The highest BCUT2D eigenvalue weighted by molar-refractivity contribution is 8.00. The summed E-state index contributed by atoms with van der Waals surface area (Å²) in [6, 6.07) is 0. The van der Waals surface area contributed by atoms with Crippen molar-refractivity contribution in [1.29, 1.82) is 0 Å². The predicted octanol–water partition coefficient (Wildman–Crippen LogP) is -0.698. The quantitative estimate of drug-likeness (QED) is 0.503. The summed E-state index contributed by atoms with van der Waals surface area (Å²) in [5.74, 6) is 0. The van der Waals surface area contributed by atoms with Crippen LogP contribution in [-0.4, -0.2) is 72.2 Å². The van der Waals surface area contributed by atoms with Gasteiger partial charge in [0.2, 0.25) is 0 Å². The zero-order valence-electron chi connectivity index (χ0n) is 16.0. The van der Waals surface area contributed by atoms with Gasteiger partial charge in [-0.2, -0.15) is 0 Å². The van der Waals surface area contributed by atoms with Crippen LogP contribution in [0.4, 0.5) is 4.39 Å². The Morgan fingerprint density at radius 1 is 1.34 bits per heavy atom. The van der Waals surface area contributed by atoms with Gasteiger partial charge in [-0.1, -0.05) is 5.21 Å². The molecule has 0 bridgehead atoms. The molecule has 3 atom stereocenters. The fourth-order valence-electron chi connectivity index (χ4n) is 3.15. The number of thioether (sulfide) groups is 1. The molecule has 0 aromatic carbocycles. The number of aliphatic hydroxyl groups excluding tert-OH is 2. The molecule has 2 N–H and O–H groups in total. The van der Waals surface area contributed by atoms with E-state index in [0.717, 1.165) is 4.57 Å². The highest BCUT2D eigenvalue weighted by Crippen LogP contribution is 2.40. The average Bonchev–Trinajstić information content (AvgIpc) is 3.31. The fourth-order valence-corrected chi connectivity index (χ4v) is 4.52. The second kappa shape index (κ2) is 9.65. The molecule has 160 valence electrons. The van der Waals surface area contributed by atoms with Crippen LogP contribution in [0.25, 0.3) is 0 Å². The van der Waals surface area contributed by atoms with Gasteiger partial charge in [0.1, 0.15) is 12.4 Å². The third-order valence-corrected chi connectivity index (χ3v) is 6.20. The number of aliphatic hydroxyl groups is 2. The Morgan fingerprint density at radius 2 is 2.14 bits per heavy atom.